The average molecular weight is 277 g/mol. The molecule has 0 unspecified atom stereocenters. The van der Waals surface area contributed by atoms with Crippen molar-refractivity contribution >= 4 is 11.0 Å². The monoisotopic (exact) mass is 277 g/mol. The van der Waals surface area contributed by atoms with Gasteiger partial charge < -0.3 is 19.2 Å². The Morgan fingerprint density at radius 3 is 2.75 bits per heavy atom. The van der Waals surface area contributed by atoms with E-state index >= 15 is 0 Å². The summed E-state index contributed by atoms with van der Waals surface area (Å²) in [5.74, 6) is 0.894. The zero-order chi connectivity index (χ0) is 14.4. The van der Waals surface area contributed by atoms with Crippen LogP contribution in [0.5, 0.6) is 0 Å². The molecule has 1 heterocycles. The van der Waals surface area contributed by atoms with Crippen LogP contribution in [0.15, 0.2) is 28.7 Å². The van der Waals surface area contributed by atoms with Crippen LogP contribution in [-0.4, -0.2) is 26.4 Å². The number of hydrogen-bond donors (Lipinski definition) is 1. The van der Waals surface area contributed by atoms with E-state index in [4.69, 9.17) is 13.9 Å². The SMILES string of the molecule is CNCc1c(COCCOC(C)C)oc2ccccc12. The number of ether oxygens (including phenoxy) is 2. The van der Waals surface area contributed by atoms with Crippen LogP contribution in [0.3, 0.4) is 0 Å². The van der Waals surface area contributed by atoms with Gasteiger partial charge in [-0.2, -0.15) is 0 Å². The van der Waals surface area contributed by atoms with Crippen molar-refractivity contribution in [3.63, 3.8) is 0 Å². The van der Waals surface area contributed by atoms with E-state index in [1.165, 1.54) is 5.56 Å². The second-order valence-electron chi connectivity index (χ2n) is 5.00. The van der Waals surface area contributed by atoms with E-state index < -0.39 is 0 Å². The Hall–Kier alpha value is -1.36. The lowest BCUT2D eigenvalue weighted by Gasteiger charge is -2.08. The summed E-state index contributed by atoms with van der Waals surface area (Å²) in [7, 11) is 1.93. The first-order valence-corrected chi connectivity index (χ1v) is 7.05. The van der Waals surface area contributed by atoms with Crippen LogP contribution in [0.25, 0.3) is 11.0 Å². The second kappa shape index (κ2) is 7.43. The Bertz CT molecular complexity index is 534. The van der Waals surface area contributed by atoms with Gasteiger partial charge in [-0.25, -0.2) is 0 Å². The Morgan fingerprint density at radius 1 is 1.20 bits per heavy atom. The first kappa shape index (κ1) is 15.0. The molecule has 110 valence electrons. The lowest BCUT2D eigenvalue weighted by atomic mass is 10.1. The van der Waals surface area contributed by atoms with Gasteiger partial charge in [-0.15, -0.1) is 0 Å². The summed E-state index contributed by atoms with van der Waals surface area (Å²) in [6.45, 7) is 6.48. The van der Waals surface area contributed by atoms with Crippen LogP contribution in [0.2, 0.25) is 0 Å². The van der Waals surface area contributed by atoms with Gasteiger partial charge in [-0.3, -0.25) is 0 Å². The lowest BCUT2D eigenvalue weighted by molar-refractivity contribution is 0.0104. The molecule has 4 heteroatoms. The molecule has 20 heavy (non-hydrogen) atoms. The topological polar surface area (TPSA) is 43.6 Å². The fourth-order valence-electron chi connectivity index (χ4n) is 2.14. The number of nitrogens with one attached hydrogen (secondary N) is 1. The van der Waals surface area contributed by atoms with Gasteiger partial charge in [0.25, 0.3) is 0 Å². The maximum Gasteiger partial charge on any atom is 0.135 e. The van der Waals surface area contributed by atoms with Crippen molar-refractivity contribution in [2.24, 2.45) is 0 Å². The lowest BCUT2D eigenvalue weighted by Crippen LogP contribution is -2.10. The minimum atomic E-state index is 0.240. The summed E-state index contributed by atoms with van der Waals surface area (Å²) in [6, 6.07) is 8.07. The number of para-hydroxylation sites is 1. The highest BCUT2D eigenvalue weighted by molar-refractivity contribution is 5.82. The Balaban J connectivity index is 1.99. The summed E-state index contributed by atoms with van der Waals surface area (Å²) in [5.41, 5.74) is 2.09. The molecule has 0 amide bonds. The molecule has 4 nitrogen and oxygen atoms in total. The normalized spacial score (nSPS) is 11.6. The van der Waals surface area contributed by atoms with Gasteiger partial charge in [0.2, 0.25) is 0 Å². The van der Waals surface area contributed by atoms with Gasteiger partial charge in [0.05, 0.1) is 19.3 Å². The molecule has 0 aliphatic rings. The van der Waals surface area contributed by atoms with Crippen LogP contribution >= 0.6 is 0 Å². The van der Waals surface area contributed by atoms with Gasteiger partial charge in [-0.1, -0.05) is 18.2 Å². The van der Waals surface area contributed by atoms with E-state index in [-0.39, 0.29) is 6.10 Å². The molecule has 1 aromatic heterocycles. The van der Waals surface area contributed by atoms with Gasteiger partial charge in [0, 0.05) is 17.5 Å². The average Bonchev–Trinajstić information content (AvgIpc) is 2.77. The minimum absolute atomic E-state index is 0.240. The van der Waals surface area contributed by atoms with E-state index in [1.807, 2.05) is 39.1 Å². The van der Waals surface area contributed by atoms with E-state index in [0.717, 1.165) is 23.3 Å². The van der Waals surface area contributed by atoms with Gasteiger partial charge in [0.15, 0.2) is 0 Å². The zero-order valence-corrected chi connectivity index (χ0v) is 12.4. The molecule has 0 saturated heterocycles. The Kier molecular flexibility index (Phi) is 5.59. The largest absolute Gasteiger partial charge is 0.458 e. The minimum Gasteiger partial charge on any atom is -0.458 e. The molecule has 0 aliphatic heterocycles. The van der Waals surface area contributed by atoms with E-state index in [9.17, 15) is 0 Å². The predicted molar refractivity (Wildman–Crippen MR) is 79.7 cm³/mol. The Morgan fingerprint density at radius 2 is 2.00 bits per heavy atom. The van der Waals surface area contributed by atoms with Crippen LogP contribution in [0.4, 0.5) is 0 Å². The molecule has 0 saturated carbocycles. The first-order valence-electron chi connectivity index (χ1n) is 7.05. The third kappa shape index (κ3) is 3.82. The standard InChI is InChI=1S/C16H23NO3/c1-12(2)19-9-8-18-11-16-14(10-17-3)13-6-4-5-7-15(13)20-16/h4-7,12,17H,8-11H2,1-3H3. The summed E-state index contributed by atoms with van der Waals surface area (Å²) < 4.78 is 17.0. The molecule has 2 rings (SSSR count). The number of furan rings is 1. The van der Waals surface area contributed by atoms with Crippen molar-refractivity contribution in [3.8, 4) is 0 Å². The fraction of sp³-hybridized carbons (Fsp3) is 0.500. The summed E-state index contributed by atoms with van der Waals surface area (Å²) >= 11 is 0. The first-order chi connectivity index (χ1) is 9.72. The molecule has 0 aliphatic carbocycles. The third-order valence-corrected chi connectivity index (χ3v) is 3.05. The maximum atomic E-state index is 5.87. The van der Waals surface area contributed by atoms with Crippen molar-refractivity contribution in [1.29, 1.82) is 0 Å². The van der Waals surface area contributed by atoms with Crippen molar-refractivity contribution in [2.45, 2.75) is 33.1 Å². The zero-order valence-electron chi connectivity index (χ0n) is 12.4. The summed E-state index contributed by atoms with van der Waals surface area (Å²) in [5, 5.41) is 4.33. The van der Waals surface area contributed by atoms with Crippen LogP contribution in [-0.2, 0) is 22.6 Å². The van der Waals surface area contributed by atoms with Crippen molar-refractivity contribution < 1.29 is 13.9 Å². The second-order valence-corrected chi connectivity index (χ2v) is 5.00. The molecule has 0 atom stereocenters. The molecule has 2 aromatic rings. The van der Waals surface area contributed by atoms with Crippen molar-refractivity contribution in [3.05, 3.63) is 35.6 Å². The van der Waals surface area contributed by atoms with Gasteiger partial charge in [0.1, 0.15) is 18.0 Å². The quantitative estimate of drug-likeness (QED) is 0.753. The Labute approximate surface area is 120 Å². The number of benzene rings is 1. The van der Waals surface area contributed by atoms with Crippen LogP contribution < -0.4 is 5.32 Å². The molecule has 1 aromatic carbocycles. The highest BCUT2D eigenvalue weighted by Gasteiger charge is 2.13. The third-order valence-electron chi connectivity index (χ3n) is 3.05. The molecule has 0 radical (unpaired) electrons. The summed E-state index contributed by atoms with van der Waals surface area (Å²) in [4.78, 5) is 0. The van der Waals surface area contributed by atoms with Crippen LogP contribution in [0.1, 0.15) is 25.2 Å². The highest BCUT2D eigenvalue weighted by atomic mass is 16.5. The van der Waals surface area contributed by atoms with E-state index in [2.05, 4.69) is 11.4 Å². The number of rotatable bonds is 8. The van der Waals surface area contributed by atoms with Crippen molar-refractivity contribution in [2.75, 3.05) is 20.3 Å². The van der Waals surface area contributed by atoms with Gasteiger partial charge in [-0.05, 0) is 27.0 Å². The van der Waals surface area contributed by atoms with Gasteiger partial charge >= 0.3 is 0 Å². The molecular weight excluding hydrogens is 254 g/mol. The van der Waals surface area contributed by atoms with Crippen molar-refractivity contribution in [1.82, 2.24) is 5.32 Å². The molecule has 0 bridgehead atoms. The molecule has 0 fully saturated rings. The highest BCUT2D eigenvalue weighted by Crippen LogP contribution is 2.26. The van der Waals surface area contributed by atoms with E-state index in [0.29, 0.717) is 19.8 Å². The fourth-order valence-corrected chi connectivity index (χ4v) is 2.14. The molecular formula is C16H23NO3. The van der Waals surface area contributed by atoms with E-state index in [1.54, 1.807) is 0 Å². The number of fused-ring (bicyclic) bond motifs is 1. The maximum absolute atomic E-state index is 5.87. The number of hydrogen-bond acceptors (Lipinski definition) is 4. The van der Waals surface area contributed by atoms with Crippen LogP contribution in [0, 0.1) is 0 Å². The predicted octanol–water partition coefficient (Wildman–Crippen LogP) is 3.09. The molecule has 1 N–H and O–H groups in total. The summed E-state index contributed by atoms with van der Waals surface area (Å²) in [6.07, 6.45) is 0.240. The smallest absolute Gasteiger partial charge is 0.135 e. The molecule has 0 spiro atoms.